The van der Waals surface area contributed by atoms with Crippen LogP contribution in [0.3, 0.4) is 0 Å². The Hall–Kier alpha value is -1.98. The van der Waals surface area contributed by atoms with Gasteiger partial charge in [0.25, 0.3) is 0 Å². The number of nitrogens with two attached hydrogens (primary N) is 1. The maximum Gasteiger partial charge on any atom is 0.309 e. The quantitative estimate of drug-likeness (QED) is 0.681. The van der Waals surface area contributed by atoms with Crippen LogP contribution in [-0.2, 0) is 9.53 Å². The lowest BCUT2D eigenvalue weighted by Crippen LogP contribution is -2.37. The number of piperidine rings is 1. The van der Waals surface area contributed by atoms with Crippen LogP contribution in [0.5, 0.6) is 5.75 Å². The molecular formula is C15H21FN2O3. The van der Waals surface area contributed by atoms with Crippen LogP contribution in [0, 0.1) is 11.7 Å². The largest absolute Gasteiger partial charge is 0.494 e. The van der Waals surface area contributed by atoms with E-state index >= 15 is 0 Å². The van der Waals surface area contributed by atoms with Gasteiger partial charge in [-0.25, -0.2) is 4.39 Å². The first kappa shape index (κ1) is 15.4. The minimum atomic E-state index is -0.452. The third-order valence-corrected chi connectivity index (χ3v) is 3.76. The normalized spacial score (nSPS) is 15.9. The first-order valence-electron chi connectivity index (χ1n) is 7.12. The lowest BCUT2D eigenvalue weighted by atomic mass is 9.96. The molecule has 1 aromatic rings. The second kappa shape index (κ2) is 6.65. The summed E-state index contributed by atoms with van der Waals surface area (Å²) in [6, 6.07) is 3.15. The molecule has 0 bridgehead atoms. The predicted octanol–water partition coefficient (Wildman–Crippen LogP) is 2.20. The molecule has 0 radical (unpaired) electrons. The second-order valence-corrected chi connectivity index (χ2v) is 5.03. The molecule has 5 nitrogen and oxygen atoms in total. The zero-order chi connectivity index (χ0) is 15.4. The minimum Gasteiger partial charge on any atom is -0.494 e. The van der Waals surface area contributed by atoms with Crippen LogP contribution in [0.15, 0.2) is 12.1 Å². The standard InChI is InChI=1S/C15H21FN2O3/c1-3-21-15(19)10-6-8-18(9-7-10)14-11(17)4-5-12(20-2)13(14)16/h4-5,10H,3,6-9,17H2,1-2H3. The summed E-state index contributed by atoms with van der Waals surface area (Å²) in [5.41, 5.74) is 6.62. The van der Waals surface area contributed by atoms with Gasteiger partial charge in [-0.3, -0.25) is 4.79 Å². The number of hydrogen-bond acceptors (Lipinski definition) is 5. The fourth-order valence-corrected chi connectivity index (χ4v) is 2.64. The molecule has 21 heavy (non-hydrogen) atoms. The third-order valence-electron chi connectivity index (χ3n) is 3.76. The van der Waals surface area contributed by atoms with E-state index in [2.05, 4.69) is 0 Å². The van der Waals surface area contributed by atoms with Crippen LogP contribution in [0.2, 0.25) is 0 Å². The highest BCUT2D eigenvalue weighted by Gasteiger charge is 2.28. The van der Waals surface area contributed by atoms with Gasteiger partial charge in [-0.05, 0) is 31.9 Å². The van der Waals surface area contributed by atoms with Gasteiger partial charge in [0.1, 0.15) is 5.69 Å². The van der Waals surface area contributed by atoms with Crippen LogP contribution in [0.4, 0.5) is 15.8 Å². The summed E-state index contributed by atoms with van der Waals surface area (Å²) in [4.78, 5) is 13.6. The van der Waals surface area contributed by atoms with Crippen molar-refractivity contribution in [3.8, 4) is 5.75 Å². The van der Waals surface area contributed by atoms with Crippen molar-refractivity contribution in [1.29, 1.82) is 0 Å². The Bertz CT molecular complexity index is 514. The number of rotatable bonds is 4. The van der Waals surface area contributed by atoms with Gasteiger partial charge in [0.05, 0.1) is 25.3 Å². The van der Waals surface area contributed by atoms with Crippen LogP contribution in [-0.4, -0.2) is 32.8 Å². The molecular weight excluding hydrogens is 275 g/mol. The van der Waals surface area contributed by atoms with Crippen LogP contribution < -0.4 is 15.4 Å². The lowest BCUT2D eigenvalue weighted by Gasteiger charge is -2.33. The fourth-order valence-electron chi connectivity index (χ4n) is 2.64. The summed E-state index contributed by atoms with van der Waals surface area (Å²) in [7, 11) is 1.42. The van der Waals surface area contributed by atoms with E-state index in [9.17, 15) is 9.18 Å². The number of esters is 1. The molecule has 0 aromatic heterocycles. The highest BCUT2D eigenvalue weighted by molar-refractivity contribution is 5.74. The van der Waals surface area contributed by atoms with Crippen molar-refractivity contribution in [3.63, 3.8) is 0 Å². The summed E-state index contributed by atoms with van der Waals surface area (Å²) in [6.07, 6.45) is 1.27. The van der Waals surface area contributed by atoms with Crippen molar-refractivity contribution in [1.82, 2.24) is 0 Å². The highest BCUT2D eigenvalue weighted by atomic mass is 19.1. The number of halogens is 1. The summed E-state index contributed by atoms with van der Waals surface area (Å²) in [5, 5.41) is 0. The van der Waals surface area contributed by atoms with Crippen molar-refractivity contribution in [3.05, 3.63) is 17.9 Å². The molecule has 1 heterocycles. The molecule has 0 unspecified atom stereocenters. The van der Waals surface area contributed by atoms with Gasteiger partial charge >= 0.3 is 5.97 Å². The van der Waals surface area contributed by atoms with Gasteiger partial charge in [0.15, 0.2) is 11.6 Å². The Labute approximate surface area is 123 Å². The van der Waals surface area contributed by atoms with Gasteiger partial charge in [-0.15, -0.1) is 0 Å². The van der Waals surface area contributed by atoms with Crippen molar-refractivity contribution in [2.75, 3.05) is 37.4 Å². The average Bonchev–Trinajstić information content (AvgIpc) is 2.48. The van der Waals surface area contributed by atoms with E-state index in [1.165, 1.54) is 13.2 Å². The van der Waals surface area contributed by atoms with Gasteiger partial charge in [0.2, 0.25) is 0 Å². The Morgan fingerprint density at radius 2 is 2.10 bits per heavy atom. The molecule has 0 aliphatic carbocycles. The van der Waals surface area contributed by atoms with Crippen molar-refractivity contribution in [2.45, 2.75) is 19.8 Å². The molecule has 0 saturated carbocycles. The molecule has 0 amide bonds. The van der Waals surface area contributed by atoms with Crippen molar-refractivity contribution in [2.24, 2.45) is 5.92 Å². The first-order valence-corrected chi connectivity index (χ1v) is 7.12. The number of carbonyl (C=O) groups is 1. The number of carbonyl (C=O) groups excluding carboxylic acids is 1. The molecule has 1 aliphatic heterocycles. The Kier molecular flexibility index (Phi) is 4.88. The van der Waals surface area contributed by atoms with Crippen molar-refractivity contribution < 1.29 is 18.7 Å². The molecule has 1 fully saturated rings. The number of methoxy groups -OCH3 is 1. The Morgan fingerprint density at radius 1 is 1.43 bits per heavy atom. The fraction of sp³-hybridized carbons (Fsp3) is 0.533. The summed E-state index contributed by atoms with van der Waals surface area (Å²) in [6.45, 7) is 3.31. The monoisotopic (exact) mass is 296 g/mol. The Balaban J connectivity index is 2.11. The van der Waals surface area contributed by atoms with Gasteiger partial charge < -0.3 is 20.1 Å². The topological polar surface area (TPSA) is 64.8 Å². The molecule has 2 N–H and O–H groups in total. The molecule has 1 saturated heterocycles. The number of anilines is 2. The number of hydrogen-bond donors (Lipinski definition) is 1. The van der Waals surface area contributed by atoms with Crippen LogP contribution in [0.25, 0.3) is 0 Å². The number of nitrogens with zero attached hydrogens (tertiary/aromatic N) is 1. The minimum absolute atomic E-state index is 0.115. The summed E-state index contributed by atoms with van der Waals surface area (Å²) >= 11 is 0. The smallest absolute Gasteiger partial charge is 0.309 e. The zero-order valence-electron chi connectivity index (χ0n) is 12.4. The van der Waals surface area contributed by atoms with E-state index in [-0.39, 0.29) is 17.6 Å². The number of benzene rings is 1. The maximum absolute atomic E-state index is 14.4. The third kappa shape index (κ3) is 3.20. The first-order chi connectivity index (χ1) is 10.1. The summed E-state index contributed by atoms with van der Waals surface area (Å²) in [5.74, 6) is -0.564. The van der Waals surface area contributed by atoms with E-state index < -0.39 is 5.82 Å². The second-order valence-electron chi connectivity index (χ2n) is 5.03. The van der Waals surface area contributed by atoms with E-state index in [4.69, 9.17) is 15.2 Å². The summed E-state index contributed by atoms with van der Waals surface area (Å²) < 4.78 is 24.4. The van der Waals surface area contributed by atoms with E-state index in [1.54, 1.807) is 13.0 Å². The predicted molar refractivity (Wildman–Crippen MR) is 78.9 cm³/mol. The highest BCUT2D eigenvalue weighted by Crippen LogP contribution is 2.35. The number of nitrogen functional groups attached to an aromatic ring is 1. The molecule has 0 atom stereocenters. The molecule has 1 aliphatic rings. The Morgan fingerprint density at radius 3 is 2.67 bits per heavy atom. The molecule has 1 aromatic carbocycles. The average molecular weight is 296 g/mol. The molecule has 2 rings (SSSR count). The maximum atomic E-state index is 14.4. The van der Waals surface area contributed by atoms with Crippen molar-refractivity contribution >= 4 is 17.3 Å². The zero-order valence-corrected chi connectivity index (χ0v) is 12.4. The molecule has 6 heteroatoms. The SMILES string of the molecule is CCOC(=O)C1CCN(c2c(N)ccc(OC)c2F)CC1. The lowest BCUT2D eigenvalue weighted by molar-refractivity contribution is -0.148. The molecule has 116 valence electrons. The van der Waals surface area contributed by atoms with Crippen LogP contribution in [0.1, 0.15) is 19.8 Å². The van der Waals surface area contributed by atoms with E-state index in [1.807, 2.05) is 4.90 Å². The van der Waals surface area contributed by atoms with E-state index in [0.29, 0.717) is 43.9 Å². The molecule has 0 spiro atoms. The van der Waals surface area contributed by atoms with Gasteiger partial charge in [0, 0.05) is 13.1 Å². The van der Waals surface area contributed by atoms with Gasteiger partial charge in [-0.1, -0.05) is 0 Å². The van der Waals surface area contributed by atoms with Crippen LogP contribution >= 0.6 is 0 Å². The number of ether oxygens (including phenoxy) is 2. The van der Waals surface area contributed by atoms with Gasteiger partial charge in [-0.2, -0.15) is 0 Å². The van der Waals surface area contributed by atoms with E-state index in [0.717, 1.165) is 0 Å².